The summed E-state index contributed by atoms with van der Waals surface area (Å²) < 4.78 is 5.45. The molecule has 0 radical (unpaired) electrons. The molecule has 0 amide bonds. The number of carbonyl (C=O) groups excluding carboxylic acids is 3. The second-order valence-electron chi connectivity index (χ2n) is 6.43. The number of hydrogen-bond donors (Lipinski definition) is 0. The summed E-state index contributed by atoms with van der Waals surface area (Å²) in [5, 5.41) is -0.226. The molecular weight excluding hydrogens is 416 g/mol. The molecular formula is C24H22O4S2. The summed E-state index contributed by atoms with van der Waals surface area (Å²) in [4.78, 5) is 37.2. The maximum atomic E-state index is 12.5. The first-order valence-corrected chi connectivity index (χ1v) is 10.7. The Morgan fingerprint density at radius 2 is 1.40 bits per heavy atom. The van der Waals surface area contributed by atoms with Crippen LogP contribution in [0, 0.1) is 0 Å². The van der Waals surface area contributed by atoms with E-state index in [0.717, 1.165) is 44.5 Å². The lowest BCUT2D eigenvalue weighted by Gasteiger charge is -2.10. The minimum absolute atomic E-state index is 0.104. The molecule has 0 aromatic heterocycles. The molecule has 0 fully saturated rings. The number of rotatable bonds is 7. The van der Waals surface area contributed by atoms with Crippen molar-refractivity contribution in [2.45, 2.75) is 30.6 Å². The van der Waals surface area contributed by atoms with Crippen molar-refractivity contribution in [1.29, 1.82) is 0 Å². The van der Waals surface area contributed by atoms with Gasteiger partial charge in [0.2, 0.25) is 10.2 Å². The van der Waals surface area contributed by atoms with Crippen molar-refractivity contribution in [1.82, 2.24) is 0 Å². The van der Waals surface area contributed by atoms with Crippen molar-refractivity contribution in [3.05, 3.63) is 84.5 Å². The number of thioether (sulfide) groups is 2. The smallest absolute Gasteiger partial charge is 0.339 e. The van der Waals surface area contributed by atoms with Gasteiger partial charge in [0, 0.05) is 15.4 Å². The SMILES string of the molecule is C=CC(=O)Sc1ccc(C(C)=C(C)C(=O)Oc2ccc(SC(=O)C(=C)C)cc2)cc1. The summed E-state index contributed by atoms with van der Waals surface area (Å²) in [5.74, 6) is -0.0554. The molecule has 0 N–H and O–H groups in total. The Labute approximate surface area is 185 Å². The molecule has 6 heteroatoms. The van der Waals surface area contributed by atoms with Gasteiger partial charge in [-0.2, -0.15) is 0 Å². The maximum Gasteiger partial charge on any atom is 0.339 e. The van der Waals surface area contributed by atoms with Crippen LogP contribution in [0.25, 0.3) is 5.57 Å². The fraction of sp³-hybridized carbons (Fsp3) is 0.125. The number of ether oxygens (including phenoxy) is 1. The first-order chi connectivity index (χ1) is 14.2. The van der Waals surface area contributed by atoms with Crippen LogP contribution in [0.3, 0.4) is 0 Å². The second kappa shape index (κ2) is 10.8. The van der Waals surface area contributed by atoms with E-state index in [1.807, 2.05) is 31.2 Å². The molecule has 4 nitrogen and oxygen atoms in total. The van der Waals surface area contributed by atoms with E-state index >= 15 is 0 Å². The fourth-order valence-corrected chi connectivity index (χ4v) is 3.50. The highest BCUT2D eigenvalue weighted by Crippen LogP contribution is 2.26. The van der Waals surface area contributed by atoms with E-state index in [1.54, 1.807) is 38.1 Å². The lowest BCUT2D eigenvalue weighted by molar-refractivity contribution is -0.130. The van der Waals surface area contributed by atoms with Gasteiger partial charge >= 0.3 is 5.97 Å². The highest BCUT2D eigenvalue weighted by atomic mass is 32.2. The van der Waals surface area contributed by atoms with Crippen LogP contribution in [0.2, 0.25) is 0 Å². The summed E-state index contributed by atoms with van der Waals surface area (Å²) in [7, 11) is 0. The van der Waals surface area contributed by atoms with Gasteiger partial charge in [0.05, 0.1) is 0 Å². The van der Waals surface area contributed by atoms with E-state index < -0.39 is 5.97 Å². The first kappa shape index (κ1) is 23.4. The molecule has 0 aliphatic carbocycles. The zero-order valence-electron chi connectivity index (χ0n) is 17.1. The van der Waals surface area contributed by atoms with Crippen molar-refractivity contribution in [2.75, 3.05) is 0 Å². The topological polar surface area (TPSA) is 60.4 Å². The summed E-state index contributed by atoms with van der Waals surface area (Å²) in [6, 6.07) is 14.1. The van der Waals surface area contributed by atoms with E-state index in [4.69, 9.17) is 4.74 Å². The van der Waals surface area contributed by atoms with Gasteiger partial charge in [0.25, 0.3) is 0 Å². The molecule has 154 valence electrons. The van der Waals surface area contributed by atoms with Crippen molar-refractivity contribution in [2.24, 2.45) is 0 Å². The summed E-state index contributed by atoms with van der Waals surface area (Å²) in [5.41, 5.74) is 2.61. The van der Waals surface area contributed by atoms with E-state index in [-0.39, 0.29) is 10.2 Å². The van der Waals surface area contributed by atoms with Gasteiger partial charge in [0.1, 0.15) is 5.75 Å². The Balaban J connectivity index is 2.07. The van der Waals surface area contributed by atoms with Crippen molar-refractivity contribution in [3.63, 3.8) is 0 Å². The first-order valence-electron chi connectivity index (χ1n) is 9.03. The highest BCUT2D eigenvalue weighted by Gasteiger charge is 2.13. The van der Waals surface area contributed by atoms with Gasteiger partial charge in [-0.3, -0.25) is 9.59 Å². The summed E-state index contributed by atoms with van der Waals surface area (Å²) >= 11 is 2.17. The van der Waals surface area contributed by atoms with Crippen LogP contribution in [-0.4, -0.2) is 16.2 Å². The fourth-order valence-electron chi connectivity index (χ4n) is 2.25. The van der Waals surface area contributed by atoms with Crippen LogP contribution in [-0.2, 0) is 14.4 Å². The lowest BCUT2D eigenvalue weighted by Crippen LogP contribution is -2.10. The molecule has 2 aromatic carbocycles. The van der Waals surface area contributed by atoms with Gasteiger partial charge < -0.3 is 4.74 Å². The Morgan fingerprint density at radius 3 is 1.93 bits per heavy atom. The molecule has 0 spiro atoms. The van der Waals surface area contributed by atoms with Gasteiger partial charge in [-0.25, -0.2) is 4.79 Å². The summed E-state index contributed by atoms with van der Waals surface area (Å²) in [6.07, 6.45) is 1.27. The van der Waals surface area contributed by atoms with Crippen molar-refractivity contribution in [3.8, 4) is 5.75 Å². The number of carbonyl (C=O) groups is 3. The Morgan fingerprint density at radius 1 is 0.867 bits per heavy atom. The third kappa shape index (κ3) is 6.61. The Bertz CT molecular complexity index is 1020. The second-order valence-corrected chi connectivity index (χ2v) is 8.55. The third-order valence-corrected chi connectivity index (χ3v) is 6.05. The third-order valence-electron chi connectivity index (χ3n) is 4.13. The molecule has 0 saturated carbocycles. The Kier molecular flexibility index (Phi) is 8.45. The molecule has 0 aliphatic heterocycles. The molecule has 0 bridgehead atoms. The number of hydrogen-bond acceptors (Lipinski definition) is 6. The Hall–Kier alpha value is -2.83. The van der Waals surface area contributed by atoms with Crippen molar-refractivity contribution >= 4 is 45.3 Å². The van der Waals surface area contributed by atoms with Gasteiger partial charge in [0.15, 0.2) is 0 Å². The molecule has 2 aromatic rings. The van der Waals surface area contributed by atoms with Crippen LogP contribution in [0.15, 0.2) is 88.7 Å². The van der Waals surface area contributed by atoms with E-state index in [9.17, 15) is 14.4 Å². The zero-order chi connectivity index (χ0) is 22.3. The van der Waals surface area contributed by atoms with Crippen LogP contribution < -0.4 is 4.74 Å². The van der Waals surface area contributed by atoms with Crippen LogP contribution in [0.5, 0.6) is 5.75 Å². The normalized spacial score (nSPS) is 11.3. The quantitative estimate of drug-likeness (QED) is 0.226. The van der Waals surface area contributed by atoms with Crippen LogP contribution in [0.4, 0.5) is 0 Å². The van der Waals surface area contributed by atoms with Gasteiger partial charge in [-0.1, -0.05) is 25.3 Å². The standard InChI is InChI=1S/C24H22O4S2/c1-6-22(25)29-20-11-7-18(8-12-20)16(4)17(5)23(26)28-19-9-13-21(14-10-19)30-24(27)15(2)3/h6-14H,1-2H2,3-5H3. The molecule has 0 atom stereocenters. The van der Waals surface area contributed by atoms with E-state index in [2.05, 4.69) is 13.2 Å². The van der Waals surface area contributed by atoms with Gasteiger partial charge in [-0.05, 0) is 103 Å². The average Bonchev–Trinajstić information content (AvgIpc) is 2.74. The van der Waals surface area contributed by atoms with Crippen LogP contribution >= 0.6 is 23.5 Å². The molecule has 2 rings (SSSR count). The van der Waals surface area contributed by atoms with Gasteiger partial charge in [-0.15, -0.1) is 0 Å². The number of esters is 1. The predicted octanol–water partition coefficient (Wildman–Crippen LogP) is 6.09. The molecule has 30 heavy (non-hydrogen) atoms. The van der Waals surface area contributed by atoms with E-state index in [1.165, 1.54) is 6.08 Å². The zero-order valence-corrected chi connectivity index (χ0v) is 18.7. The monoisotopic (exact) mass is 438 g/mol. The predicted molar refractivity (Wildman–Crippen MR) is 124 cm³/mol. The van der Waals surface area contributed by atoms with Crippen molar-refractivity contribution < 1.29 is 19.1 Å². The highest BCUT2D eigenvalue weighted by molar-refractivity contribution is 8.14. The number of allylic oxidation sites excluding steroid dienone is 1. The van der Waals surface area contributed by atoms with Crippen LogP contribution in [0.1, 0.15) is 26.3 Å². The summed E-state index contributed by atoms with van der Waals surface area (Å²) in [6.45, 7) is 12.3. The maximum absolute atomic E-state index is 12.5. The lowest BCUT2D eigenvalue weighted by atomic mass is 10.0. The molecule has 0 aliphatic rings. The largest absolute Gasteiger partial charge is 0.423 e. The molecule has 0 saturated heterocycles. The minimum atomic E-state index is -0.453. The average molecular weight is 439 g/mol. The minimum Gasteiger partial charge on any atom is -0.423 e. The molecule has 0 heterocycles. The van der Waals surface area contributed by atoms with E-state index in [0.29, 0.717) is 16.9 Å². The number of benzene rings is 2. The molecule has 0 unspecified atom stereocenters.